The number of methoxy groups -OCH3 is 1. The number of ether oxygens (including phenoxy) is 2. The average Bonchev–Trinajstić information content (AvgIpc) is 3.07. The fourth-order valence-corrected chi connectivity index (χ4v) is 4.83. The molecule has 1 aliphatic heterocycles. The molecular formula is C24H15Cl4NO4S. The van der Waals surface area contributed by atoms with E-state index in [9.17, 15) is 9.59 Å². The van der Waals surface area contributed by atoms with Crippen LogP contribution < -0.4 is 14.4 Å². The van der Waals surface area contributed by atoms with Crippen molar-refractivity contribution in [1.29, 1.82) is 0 Å². The lowest BCUT2D eigenvalue weighted by Crippen LogP contribution is -2.27. The van der Waals surface area contributed by atoms with Crippen LogP contribution in [0, 0.1) is 0 Å². The molecule has 1 aliphatic rings. The lowest BCUT2D eigenvalue weighted by molar-refractivity contribution is -0.113. The second-order valence-electron chi connectivity index (χ2n) is 7.07. The standard InChI is InChI=1S/C24H15Cl4NO4S/c1-32-20-9-14(8-19(28)22(20)33-12-13-5-6-17(26)18(27)7-13)10-21-23(30)29(24(31)34-21)16-4-2-3-15(25)11-16/h2-11H,12H2,1H3/b21-10+. The summed E-state index contributed by atoms with van der Waals surface area (Å²) in [5, 5.41) is 1.15. The molecule has 174 valence electrons. The first-order valence-electron chi connectivity index (χ1n) is 9.74. The Bertz CT molecular complexity index is 1330. The van der Waals surface area contributed by atoms with Crippen molar-refractivity contribution in [1.82, 2.24) is 0 Å². The van der Waals surface area contributed by atoms with E-state index in [-0.39, 0.29) is 16.5 Å². The second-order valence-corrected chi connectivity index (χ2v) is 9.72. The zero-order chi connectivity index (χ0) is 24.4. The Morgan fingerprint density at radius 2 is 1.74 bits per heavy atom. The summed E-state index contributed by atoms with van der Waals surface area (Å²) in [4.78, 5) is 26.7. The van der Waals surface area contributed by atoms with E-state index in [2.05, 4.69) is 0 Å². The Kier molecular flexibility index (Phi) is 7.65. The third kappa shape index (κ3) is 5.32. The average molecular weight is 555 g/mol. The SMILES string of the molecule is COc1cc(/C=C2/SC(=O)N(c3cccc(Cl)c3)C2=O)cc(Cl)c1OCc1ccc(Cl)c(Cl)c1. The highest BCUT2D eigenvalue weighted by atomic mass is 35.5. The molecule has 3 aromatic rings. The lowest BCUT2D eigenvalue weighted by atomic mass is 10.1. The maximum Gasteiger partial charge on any atom is 0.298 e. The fourth-order valence-electron chi connectivity index (χ4n) is 3.21. The van der Waals surface area contributed by atoms with Crippen LogP contribution in [0.15, 0.2) is 59.5 Å². The number of imide groups is 1. The molecular weight excluding hydrogens is 540 g/mol. The molecule has 0 bridgehead atoms. The van der Waals surface area contributed by atoms with Gasteiger partial charge in [-0.15, -0.1) is 0 Å². The Labute approximate surface area is 220 Å². The Morgan fingerprint density at radius 1 is 0.941 bits per heavy atom. The number of anilines is 1. The molecule has 34 heavy (non-hydrogen) atoms. The van der Waals surface area contributed by atoms with E-state index >= 15 is 0 Å². The van der Waals surface area contributed by atoms with Crippen LogP contribution in [0.5, 0.6) is 11.5 Å². The Hall–Kier alpha value is -2.35. The summed E-state index contributed by atoms with van der Waals surface area (Å²) in [5.74, 6) is 0.250. The predicted octanol–water partition coefficient (Wildman–Crippen LogP) is 8.13. The minimum Gasteiger partial charge on any atom is -0.493 e. The topological polar surface area (TPSA) is 55.8 Å². The van der Waals surface area contributed by atoms with Gasteiger partial charge in [-0.3, -0.25) is 9.59 Å². The van der Waals surface area contributed by atoms with E-state index in [1.165, 1.54) is 7.11 Å². The van der Waals surface area contributed by atoms with E-state index in [4.69, 9.17) is 55.9 Å². The van der Waals surface area contributed by atoms with Crippen molar-refractivity contribution in [3.63, 3.8) is 0 Å². The summed E-state index contributed by atoms with van der Waals surface area (Å²) in [6.07, 6.45) is 1.58. The minimum atomic E-state index is -0.452. The van der Waals surface area contributed by atoms with Crippen molar-refractivity contribution >= 4 is 81.1 Å². The van der Waals surface area contributed by atoms with Crippen molar-refractivity contribution in [3.05, 3.63) is 90.7 Å². The molecule has 0 N–H and O–H groups in total. The summed E-state index contributed by atoms with van der Waals surface area (Å²) in [6.45, 7) is 0.185. The fraction of sp³-hybridized carbons (Fsp3) is 0.0833. The molecule has 0 saturated carbocycles. The van der Waals surface area contributed by atoms with Crippen molar-refractivity contribution in [2.24, 2.45) is 0 Å². The molecule has 1 heterocycles. The second kappa shape index (κ2) is 10.5. The number of nitrogens with zero attached hydrogens (tertiary/aromatic N) is 1. The van der Waals surface area contributed by atoms with E-state index in [0.29, 0.717) is 37.8 Å². The van der Waals surface area contributed by atoms with Gasteiger partial charge in [0.05, 0.1) is 32.8 Å². The molecule has 10 heteroatoms. The van der Waals surface area contributed by atoms with Gasteiger partial charge in [-0.2, -0.15) is 0 Å². The number of carbonyl (C=O) groups excluding carboxylic acids is 2. The number of rotatable bonds is 6. The van der Waals surface area contributed by atoms with Crippen molar-refractivity contribution in [2.45, 2.75) is 6.61 Å². The molecule has 5 nitrogen and oxygen atoms in total. The third-order valence-electron chi connectivity index (χ3n) is 4.78. The van der Waals surface area contributed by atoms with Crippen LogP contribution in [0.2, 0.25) is 20.1 Å². The van der Waals surface area contributed by atoms with Crippen LogP contribution in [0.4, 0.5) is 10.5 Å². The van der Waals surface area contributed by atoms with E-state index in [1.54, 1.807) is 60.7 Å². The highest BCUT2D eigenvalue weighted by Crippen LogP contribution is 2.40. The molecule has 0 spiro atoms. The first-order valence-corrected chi connectivity index (χ1v) is 12.1. The molecule has 0 radical (unpaired) electrons. The van der Waals surface area contributed by atoms with E-state index < -0.39 is 11.1 Å². The van der Waals surface area contributed by atoms with Crippen LogP contribution in [0.3, 0.4) is 0 Å². The summed E-state index contributed by atoms with van der Waals surface area (Å²) >= 11 is 25.3. The van der Waals surface area contributed by atoms with Crippen LogP contribution in [0.1, 0.15) is 11.1 Å². The summed E-state index contributed by atoms with van der Waals surface area (Å²) < 4.78 is 11.3. The molecule has 2 amide bonds. The van der Waals surface area contributed by atoms with Gasteiger partial charge >= 0.3 is 0 Å². The van der Waals surface area contributed by atoms with Crippen molar-refractivity contribution in [2.75, 3.05) is 12.0 Å². The van der Waals surface area contributed by atoms with Crippen LogP contribution in [0.25, 0.3) is 6.08 Å². The monoisotopic (exact) mass is 553 g/mol. The number of hydrogen-bond acceptors (Lipinski definition) is 5. The molecule has 4 rings (SSSR count). The maximum atomic E-state index is 12.9. The van der Waals surface area contributed by atoms with Crippen LogP contribution in [-0.4, -0.2) is 18.3 Å². The van der Waals surface area contributed by atoms with Crippen LogP contribution in [-0.2, 0) is 11.4 Å². The van der Waals surface area contributed by atoms with Gasteiger partial charge < -0.3 is 9.47 Å². The predicted molar refractivity (Wildman–Crippen MR) is 139 cm³/mol. The summed E-state index contributed by atoms with van der Waals surface area (Å²) in [5.41, 5.74) is 1.77. The zero-order valence-electron chi connectivity index (χ0n) is 17.5. The molecule has 0 atom stereocenters. The third-order valence-corrected chi connectivity index (χ3v) is 6.90. The summed E-state index contributed by atoms with van der Waals surface area (Å²) in [6, 6.07) is 15.0. The van der Waals surface area contributed by atoms with Gasteiger partial charge in [-0.05, 0) is 71.4 Å². The first kappa shape index (κ1) is 24.8. The Morgan fingerprint density at radius 3 is 2.44 bits per heavy atom. The molecule has 1 fully saturated rings. The molecule has 0 aliphatic carbocycles. The number of benzene rings is 3. The highest BCUT2D eigenvalue weighted by Gasteiger charge is 2.36. The molecule has 1 saturated heterocycles. The quantitative estimate of drug-likeness (QED) is 0.288. The zero-order valence-corrected chi connectivity index (χ0v) is 21.3. The number of hydrogen-bond donors (Lipinski definition) is 0. The molecule has 0 unspecified atom stereocenters. The van der Waals surface area contributed by atoms with Crippen LogP contribution >= 0.6 is 58.2 Å². The smallest absolute Gasteiger partial charge is 0.298 e. The van der Waals surface area contributed by atoms with E-state index in [1.807, 2.05) is 0 Å². The van der Waals surface area contributed by atoms with Crippen molar-refractivity contribution in [3.8, 4) is 11.5 Å². The number of thioether (sulfide) groups is 1. The Balaban J connectivity index is 1.58. The van der Waals surface area contributed by atoms with Gasteiger partial charge in [0.2, 0.25) is 0 Å². The largest absolute Gasteiger partial charge is 0.493 e. The minimum absolute atomic E-state index is 0.185. The van der Waals surface area contributed by atoms with E-state index in [0.717, 1.165) is 22.2 Å². The number of amides is 2. The normalized spacial score (nSPS) is 14.7. The molecule has 3 aromatic carbocycles. The molecule has 0 aromatic heterocycles. The number of carbonyl (C=O) groups is 2. The highest BCUT2D eigenvalue weighted by molar-refractivity contribution is 8.19. The lowest BCUT2D eigenvalue weighted by Gasteiger charge is -2.14. The van der Waals surface area contributed by atoms with Gasteiger partial charge in [0.15, 0.2) is 11.5 Å². The van der Waals surface area contributed by atoms with Gasteiger partial charge in [0, 0.05) is 5.02 Å². The maximum absolute atomic E-state index is 12.9. The summed E-state index contributed by atoms with van der Waals surface area (Å²) in [7, 11) is 1.48. The van der Waals surface area contributed by atoms with Gasteiger partial charge in [0.25, 0.3) is 11.1 Å². The van der Waals surface area contributed by atoms with Crippen molar-refractivity contribution < 1.29 is 19.1 Å². The van der Waals surface area contributed by atoms with Gasteiger partial charge in [-0.1, -0.05) is 58.5 Å². The van der Waals surface area contributed by atoms with Gasteiger partial charge in [-0.25, -0.2) is 4.90 Å². The number of halogens is 4. The first-order chi connectivity index (χ1) is 16.3. The van der Waals surface area contributed by atoms with Gasteiger partial charge in [0.1, 0.15) is 6.61 Å².